The minimum absolute atomic E-state index is 0.0382. The lowest BCUT2D eigenvalue weighted by molar-refractivity contribution is 0.176. The fourth-order valence-corrected chi connectivity index (χ4v) is 3.85. The molecule has 7 nitrogen and oxygen atoms in total. The number of aliphatic hydroxyl groups excluding tert-OH is 1. The molecule has 1 aromatic carbocycles. The summed E-state index contributed by atoms with van der Waals surface area (Å²) in [6.07, 6.45) is -0.273. The van der Waals surface area contributed by atoms with E-state index in [0.717, 1.165) is 15.0 Å². The lowest BCUT2D eigenvalue weighted by Gasteiger charge is -2.11. The highest BCUT2D eigenvalue weighted by Crippen LogP contribution is 2.29. The fraction of sp³-hybridized carbons (Fsp3) is 0.438. The van der Waals surface area contributed by atoms with Crippen molar-refractivity contribution in [3.8, 4) is 0 Å². The number of hydrogen-bond acceptors (Lipinski definition) is 5. The monoisotopic (exact) mass is 385 g/mol. The van der Waals surface area contributed by atoms with Gasteiger partial charge in [0.05, 0.1) is 12.3 Å². The molecule has 0 radical (unpaired) electrons. The SMILES string of the molecule is CCS(=O)(=O)NCCCNC(=O)NCC(O)c1cc2ccccc2s1. The number of fused-ring (bicyclic) bond motifs is 1. The summed E-state index contributed by atoms with van der Waals surface area (Å²) in [4.78, 5) is 12.5. The number of carbonyl (C=O) groups excluding carboxylic acids is 1. The standard InChI is InChI=1S/C16H23N3O4S2/c1-2-25(22,23)19-9-5-8-17-16(21)18-11-13(20)15-10-12-6-3-4-7-14(12)24-15/h3-4,6-7,10,13,19-20H,2,5,8-9,11H2,1H3,(H2,17,18,21). The van der Waals surface area contributed by atoms with Gasteiger partial charge in [0, 0.05) is 22.7 Å². The van der Waals surface area contributed by atoms with Gasteiger partial charge >= 0.3 is 6.03 Å². The first-order valence-corrected chi connectivity index (χ1v) is 10.5. The number of nitrogens with one attached hydrogen (secondary N) is 3. The Morgan fingerprint density at radius 1 is 1.24 bits per heavy atom. The maximum atomic E-state index is 11.7. The third-order valence-electron chi connectivity index (χ3n) is 3.57. The van der Waals surface area contributed by atoms with E-state index in [1.54, 1.807) is 6.92 Å². The van der Waals surface area contributed by atoms with E-state index in [9.17, 15) is 18.3 Å². The molecule has 1 heterocycles. The number of rotatable bonds is 9. The molecule has 0 bridgehead atoms. The predicted molar refractivity (Wildman–Crippen MR) is 100 cm³/mol. The van der Waals surface area contributed by atoms with Crippen LogP contribution in [0, 0.1) is 0 Å². The zero-order valence-electron chi connectivity index (χ0n) is 14.0. The molecule has 0 spiro atoms. The molecule has 1 unspecified atom stereocenters. The topological polar surface area (TPSA) is 108 Å². The molecule has 9 heteroatoms. The van der Waals surface area contributed by atoms with Crippen LogP contribution in [0.3, 0.4) is 0 Å². The molecule has 0 aliphatic rings. The second kappa shape index (κ2) is 9.14. The van der Waals surface area contributed by atoms with Gasteiger partial charge < -0.3 is 15.7 Å². The highest BCUT2D eigenvalue weighted by molar-refractivity contribution is 7.89. The third-order valence-corrected chi connectivity index (χ3v) is 6.19. The van der Waals surface area contributed by atoms with Crippen molar-refractivity contribution >= 4 is 37.5 Å². The Morgan fingerprint density at radius 3 is 2.72 bits per heavy atom. The van der Waals surface area contributed by atoms with Crippen molar-refractivity contribution in [2.75, 3.05) is 25.4 Å². The summed E-state index contributed by atoms with van der Waals surface area (Å²) >= 11 is 1.50. The Balaban J connectivity index is 1.67. The number of aliphatic hydroxyl groups is 1. The molecule has 0 saturated heterocycles. The average Bonchev–Trinajstić information content (AvgIpc) is 3.03. The zero-order valence-corrected chi connectivity index (χ0v) is 15.6. The number of sulfonamides is 1. The normalized spacial score (nSPS) is 12.9. The van der Waals surface area contributed by atoms with Crippen LogP contribution in [0.5, 0.6) is 0 Å². The van der Waals surface area contributed by atoms with Crippen molar-refractivity contribution in [1.29, 1.82) is 0 Å². The van der Waals surface area contributed by atoms with Crippen molar-refractivity contribution in [2.45, 2.75) is 19.4 Å². The second-order valence-corrected chi connectivity index (χ2v) is 8.70. The Bertz CT molecular complexity index is 772. The quantitative estimate of drug-likeness (QED) is 0.491. The molecule has 1 atom stereocenters. The molecule has 0 fully saturated rings. The number of thiophene rings is 1. The molecule has 0 saturated carbocycles. The second-order valence-electron chi connectivity index (χ2n) is 5.49. The summed E-state index contributed by atoms with van der Waals surface area (Å²) in [5.41, 5.74) is 0. The van der Waals surface area contributed by atoms with Gasteiger partial charge in [-0.25, -0.2) is 17.9 Å². The molecule has 4 N–H and O–H groups in total. The lowest BCUT2D eigenvalue weighted by Crippen LogP contribution is -2.39. The summed E-state index contributed by atoms with van der Waals surface area (Å²) in [6.45, 7) is 2.30. The fourth-order valence-electron chi connectivity index (χ4n) is 2.14. The van der Waals surface area contributed by atoms with E-state index >= 15 is 0 Å². The number of amides is 2. The van der Waals surface area contributed by atoms with Crippen LogP contribution < -0.4 is 15.4 Å². The molecule has 0 aliphatic heterocycles. The molecule has 138 valence electrons. The van der Waals surface area contributed by atoms with Gasteiger partial charge in [0.25, 0.3) is 0 Å². The van der Waals surface area contributed by atoms with Crippen molar-refractivity contribution in [3.63, 3.8) is 0 Å². The molecule has 0 aliphatic carbocycles. The Labute approximate surface area is 151 Å². The van der Waals surface area contributed by atoms with Gasteiger partial charge in [0.2, 0.25) is 10.0 Å². The minimum Gasteiger partial charge on any atom is -0.386 e. The van der Waals surface area contributed by atoms with Gasteiger partial charge in [-0.2, -0.15) is 0 Å². The highest BCUT2D eigenvalue weighted by Gasteiger charge is 2.12. The minimum atomic E-state index is -3.19. The van der Waals surface area contributed by atoms with E-state index in [1.807, 2.05) is 30.3 Å². The first-order chi connectivity index (χ1) is 11.9. The first-order valence-electron chi connectivity index (χ1n) is 8.07. The Kier molecular flexibility index (Phi) is 7.18. The van der Waals surface area contributed by atoms with E-state index in [2.05, 4.69) is 15.4 Å². The number of benzene rings is 1. The van der Waals surface area contributed by atoms with Crippen LogP contribution >= 0.6 is 11.3 Å². The van der Waals surface area contributed by atoms with E-state index < -0.39 is 22.2 Å². The van der Waals surface area contributed by atoms with Crippen LogP contribution in [0.1, 0.15) is 24.3 Å². The van der Waals surface area contributed by atoms with Crippen LogP contribution in [0.15, 0.2) is 30.3 Å². The summed E-state index contributed by atoms with van der Waals surface area (Å²) in [5, 5.41) is 16.5. The molecule has 2 rings (SSSR count). The van der Waals surface area contributed by atoms with E-state index in [-0.39, 0.29) is 18.8 Å². The van der Waals surface area contributed by atoms with Crippen LogP contribution in [0.2, 0.25) is 0 Å². The molecular formula is C16H23N3O4S2. The van der Waals surface area contributed by atoms with E-state index in [1.165, 1.54) is 11.3 Å². The van der Waals surface area contributed by atoms with Gasteiger partial charge in [-0.05, 0) is 30.9 Å². The van der Waals surface area contributed by atoms with E-state index in [4.69, 9.17) is 0 Å². The number of carbonyl (C=O) groups is 1. The third kappa shape index (κ3) is 6.28. The van der Waals surface area contributed by atoms with Crippen LogP contribution in [0.25, 0.3) is 10.1 Å². The van der Waals surface area contributed by atoms with Gasteiger partial charge in [-0.1, -0.05) is 18.2 Å². The molecule has 2 amide bonds. The van der Waals surface area contributed by atoms with Gasteiger partial charge in [-0.15, -0.1) is 11.3 Å². The summed E-state index contributed by atoms with van der Waals surface area (Å²) in [5.74, 6) is 0.0382. The Morgan fingerprint density at radius 2 is 2.00 bits per heavy atom. The van der Waals surface area contributed by atoms with Gasteiger partial charge in [-0.3, -0.25) is 0 Å². The van der Waals surface area contributed by atoms with Crippen LogP contribution in [-0.4, -0.2) is 44.9 Å². The largest absolute Gasteiger partial charge is 0.386 e. The van der Waals surface area contributed by atoms with Gasteiger partial charge in [0.15, 0.2) is 0 Å². The van der Waals surface area contributed by atoms with E-state index in [0.29, 0.717) is 13.0 Å². The predicted octanol–water partition coefficient (Wildman–Crippen LogP) is 1.56. The maximum absolute atomic E-state index is 11.7. The maximum Gasteiger partial charge on any atom is 0.314 e. The van der Waals surface area contributed by atoms with Crippen molar-refractivity contribution in [2.24, 2.45) is 0 Å². The van der Waals surface area contributed by atoms with Gasteiger partial charge in [0.1, 0.15) is 6.10 Å². The summed E-state index contributed by atoms with van der Waals surface area (Å²) < 4.78 is 26.0. The smallest absolute Gasteiger partial charge is 0.314 e. The molecule has 1 aromatic heterocycles. The van der Waals surface area contributed by atoms with Crippen molar-refractivity contribution in [1.82, 2.24) is 15.4 Å². The van der Waals surface area contributed by atoms with Crippen molar-refractivity contribution < 1.29 is 18.3 Å². The first kappa shape index (κ1) is 19.6. The molecule has 25 heavy (non-hydrogen) atoms. The molecular weight excluding hydrogens is 362 g/mol. The zero-order chi connectivity index (χ0) is 18.3. The lowest BCUT2D eigenvalue weighted by atomic mass is 10.2. The Hall–Kier alpha value is -1.68. The average molecular weight is 386 g/mol. The summed E-state index contributed by atoms with van der Waals surface area (Å²) in [6, 6.07) is 9.39. The molecule has 2 aromatic rings. The number of hydrogen-bond donors (Lipinski definition) is 4. The highest BCUT2D eigenvalue weighted by atomic mass is 32.2. The van der Waals surface area contributed by atoms with Crippen LogP contribution in [0.4, 0.5) is 4.79 Å². The van der Waals surface area contributed by atoms with Crippen molar-refractivity contribution in [3.05, 3.63) is 35.2 Å². The number of urea groups is 1. The van der Waals surface area contributed by atoms with Crippen LogP contribution in [-0.2, 0) is 10.0 Å². The summed E-state index contributed by atoms with van der Waals surface area (Å²) in [7, 11) is -3.19.